The van der Waals surface area contributed by atoms with Gasteiger partial charge in [0, 0.05) is 35.7 Å². The molecule has 1 heterocycles. The van der Waals surface area contributed by atoms with E-state index in [9.17, 15) is 4.79 Å². The number of aryl methyl sites for hydroxylation is 1. The maximum absolute atomic E-state index is 12.6. The van der Waals surface area contributed by atoms with Gasteiger partial charge < -0.3 is 10.2 Å². The second-order valence-electron chi connectivity index (χ2n) is 4.80. The molecule has 0 spiro atoms. The zero-order valence-corrected chi connectivity index (χ0v) is 13.5. The van der Waals surface area contributed by atoms with Gasteiger partial charge in [-0.05, 0) is 32.2 Å². The van der Waals surface area contributed by atoms with Crippen LogP contribution in [0.15, 0.2) is 28.7 Å². The number of hydrogen-bond acceptors (Lipinski definition) is 3. The highest BCUT2D eigenvalue weighted by molar-refractivity contribution is 9.10. The van der Waals surface area contributed by atoms with Crippen LogP contribution in [0.3, 0.4) is 0 Å². The van der Waals surface area contributed by atoms with Crippen LogP contribution in [0.5, 0.6) is 0 Å². The Kier molecular flexibility index (Phi) is 4.73. The lowest BCUT2D eigenvalue weighted by atomic mass is 10.1. The summed E-state index contributed by atoms with van der Waals surface area (Å²) >= 11 is 3.44. The van der Waals surface area contributed by atoms with Gasteiger partial charge in [-0.2, -0.15) is 0 Å². The lowest BCUT2D eigenvalue weighted by Crippen LogP contribution is -2.33. The predicted molar refractivity (Wildman–Crippen MR) is 85.1 cm³/mol. The van der Waals surface area contributed by atoms with Gasteiger partial charge >= 0.3 is 0 Å². The third-order valence-corrected chi connectivity index (χ3v) is 3.67. The minimum atomic E-state index is 0.0260. The zero-order valence-electron chi connectivity index (χ0n) is 11.9. The fourth-order valence-corrected chi connectivity index (χ4v) is 2.45. The van der Waals surface area contributed by atoms with Gasteiger partial charge in [0.1, 0.15) is 0 Å². The molecule has 1 N–H and O–H groups in total. The Labute approximate surface area is 127 Å². The van der Waals surface area contributed by atoms with E-state index in [4.69, 9.17) is 0 Å². The molecule has 0 radical (unpaired) electrons. The van der Waals surface area contributed by atoms with Gasteiger partial charge in [-0.15, -0.1) is 0 Å². The third kappa shape index (κ3) is 3.16. The van der Waals surface area contributed by atoms with Crippen molar-refractivity contribution in [3.8, 4) is 0 Å². The summed E-state index contributed by atoms with van der Waals surface area (Å²) in [5, 5.41) is 3.94. The number of nitrogens with zero attached hydrogens (tertiary/aromatic N) is 2. The van der Waals surface area contributed by atoms with Crippen molar-refractivity contribution in [2.45, 2.75) is 6.92 Å². The molecule has 1 aromatic carbocycles. The lowest BCUT2D eigenvalue weighted by molar-refractivity contribution is 0.0798. The summed E-state index contributed by atoms with van der Waals surface area (Å²) in [5.74, 6) is 0.0260. The molecule has 0 aliphatic carbocycles. The summed E-state index contributed by atoms with van der Waals surface area (Å²) in [5.41, 5.74) is 2.39. The average molecular weight is 336 g/mol. The Hall–Kier alpha value is -1.46. The fourth-order valence-electron chi connectivity index (χ4n) is 2.10. The predicted octanol–water partition coefficient (Wildman–Crippen LogP) is 2.60. The van der Waals surface area contributed by atoms with Crippen molar-refractivity contribution >= 4 is 32.7 Å². The third-order valence-electron chi connectivity index (χ3n) is 3.17. The standard InChI is InChI=1S/C15H18BrN3O/c1-10-8-13(15(20)19(3)7-6-17-2)12-5-4-11(16)9-14(12)18-10/h4-5,8-9,17H,6-7H2,1-3H3. The second kappa shape index (κ2) is 6.33. The molecule has 106 valence electrons. The number of benzene rings is 1. The molecule has 2 aromatic rings. The Morgan fingerprint density at radius 2 is 2.15 bits per heavy atom. The van der Waals surface area contributed by atoms with Crippen LogP contribution in [0.2, 0.25) is 0 Å². The van der Waals surface area contributed by atoms with E-state index >= 15 is 0 Å². The van der Waals surface area contributed by atoms with Crippen LogP contribution >= 0.6 is 15.9 Å². The molecule has 5 heteroatoms. The summed E-state index contributed by atoms with van der Waals surface area (Å²) in [6.07, 6.45) is 0. The van der Waals surface area contributed by atoms with Crippen molar-refractivity contribution < 1.29 is 4.79 Å². The zero-order chi connectivity index (χ0) is 14.7. The first-order chi connectivity index (χ1) is 9.52. The number of halogens is 1. The molecule has 0 saturated carbocycles. The maximum atomic E-state index is 12.6. The summed E-state index contributed by atoms with van der Waals surface area (Å²) in [6, 6.07) is 7.66. The number of nitrogens with one attached hydrogen (secondary N) is 1. The summed E-state index contributed by atoms with van der Waals surface area (Å²) in [4.78, 5) is 18.8. The van der Waals surface area contributed by atoms with Crippen molar-refractivity contribution in [1.82, 2.24) is 15.2 Å². The Balaban J connectivity index is 2.45. The van der Waals surface area contributed by atoms with Gasteiger partial charge in [0.05, 0.1) is 11.1 Å². The van der Waals surface area contributed by atoms with E-state index in [0.29, 0.717) is 12.1 Å². The average Bonchev–Trinajstić information content (AvgIpc) is 2.42. The molecule has 0 fully saturated rings. The summed E-state index contributed by atoms with van der Waals surface area (Å²) < 4.78 is 0.963. The normalized spacial score (nSPS) is 10.8. The van der Waals surface area contributed by atoms with E-state index < -0.39 is 0 Å². The molecule has 0 bridgehead atoms. The van der Waals surface area contributed by atoms with Crippen LogP contribution in [0.1, 0.15) is 16.1 Å². The quantitative estimate of drug-likeness (QED) is 0.934. The molecule has 0 aliphatic heterocycles. The molecule has 0 saturated heterocycles. The molecule has 2 rings (SSSR count). The first kappa shape index (κ1) is 14.9. The Morgan fingerprint density at radius 1 is 1.40 bits per heavy atom. The fraction of sp³-hybridized carbons (Fsp3) is 0.333. The van der Waals surface area contributed by atoms with Crippen LogP contribution in [0.4, 0.5) is 0 Å². The Bertz CT molecular complexity index is 637. The number of amides is 1. The van der Waals surface area contributed by atoms with Crippen LogP contribution in [0.25, 0.3) is 10.9 Å². The molecule has 0 unspecified atom stereocenters. The lowest BCUT2D eigenvalue weighted by Gasteiger charge is -2.18. The minimum absolute atomic E-state index is 0.0260. The van der Waals surface area contributed by atoms with Crippen molar-refractivity contribution in [1.29, 1.82) is 0 Å². The molecule has 0 atom stereocenters. The molecule has 0 aliphatic rings. The maximum Gasteiger partial charge on any atom is 0.254 e. The smallest absolute Gasteiger partial charge is 0.254 e. The van der Waals surface area contributed by atoms with E-state index in [0.717, 1.165) is 27.6 Å². The van der Waals surface area contributed by atoms with E-state index in [2.05, 4.69) is 26.2 Å². The number of likely N-dealkylation sites (N-methyl/N-ethyl adjacent to an activating group) is 2. The molecular formula is C15H18BrN3O. The molecular weight excluding hydrogens is 318 g/mol. The van der Waals surface area contributed by atoms with Gasteiger partial charge in [-0.3, -0.25) is 9.78 Å². The topological polar surface area (TPSA) is 45.2 Å². The number of aromatic nitrogens is 1. The number of carbonyl (C=O) groups is 1. The molecule has 4 nitrogen and oxygen atoms in total. The van der Waals surface area contributed by atoms with Crippen molar-refractivity contribution in [2.75, 3.05) is 27.2 Å². The van der Waals surface area contributed by atoms with E-state index in [1.54, 1.807) is 4.90 Å². The molecule has 20 heavy (non-hydrogen) atoms. The summed E-state index contributed by atoms with van der Waals surface area (Å²) in [6.45, 7) is 3.36. The van der Waals surface area contributed by atoms with E-state index in [1.165, 1.54) is 0 Å². The number of fused-ring (bicyclic) bond motifs is 1. The van der Waals surface area contributed by atoms with E-state index in [-0.39, 0.29) is 5.91 Å². The molecule has 1 aromatic heterocycles. The van der Waals surface area contributed by atoms with Crippen molar-refractivity contribution in [3.63, 3.8) is 0 Å². The SMILES string of the molecule is CNCCN(C)C(=O)c1cc(C)nc2cc(Br)ccc12. The van der Waals surface area contributed by atoms with Crippen LogP contribution in [0, 0.1) is 6.92 Å². The first-order valence-electron chi connectivity index (χ1n) is 6.50. The van der Waals surface area contributed by atoms with Gasteiger partial charge in [-0.1, -0.05) is 22.0 Å². The van der Waals surface area contributed by atoms with Gasteiger partial charge in [-0.25, -0.2) is 0 Å². The highest BCUT2D eigenvalue weighted by atomic mass is 79.9. The number of carbonyl (C=O) groups excluding carboxylic acids is 1. The number of hydrogen-bond donors (Lipinski definition) is 1. The number of pyridine rings is 1. The van der Waals surface area contributed by atoms with Gasteiger partial charge in [0.25, 0.3) is 5.91 Å². The number of rotatable bonds is 4. The highest BCUT2D eigenvalue weighted by Crippen LogP contribution is 2.23. The van der Waals surface area contributed by atoms with Crippen molar-refractivity contribution in [3.05, 3.63) is 40.0 Å². The van der Waals surface area contributed by atoms with E-state index in [1.807, 2.05) is 45.3 Å². The monoisotopic (exact) mass is 335 g/mol. The van der Waals surface area contributed by atoms with Crippen LogP contribution < -0.4 is 5.32 Å². The minimum Gasteiger partial charge on any atom is -0.340 e. The van der Waals surface area contributed by atoms with Gasteiger partial charge in [0.2, 0.25) is 0 Å². The largest absolute Gasteiger partial charge is 0.340 e. The highest BCUT2D eigenvalue weighted by Gasteiger charge is 2.15. The van der Waals surface area contributed by atoms with Crippen LogP contribution in [-0.4, -0.2) is 43.0 Å². The molecule has 1 amide bonds. The van der Waals surface area contributed by atoms with Crippen LogP contribution in [-0.2, 0) is 0 Å². The second-order valence-corrected chi connectivity index (χ2v) is 5.72. The first-order valence-corrected chi connectivity index (χ1v) is 7.29. The van der Waals surface area contributed by atoms with Crippen molar-refractivity contribution in [2.24, 2.45) is 0 Å². The Morgan fingerprint density at radius 3 is 2.85 bits per heavy atom. The summed E-state index contributed by atoms with van der Waals surface area (Å²) in [7, 11) is 3.70. The van der Waals surface area contributed by atoms with Gasteiger partial charge in [0.15, 0.2) is 0 Å².